The van der Waals surface area contributed by atoms with Gasteiger partial charge < -0.3 is 30.2 Å². The van der Waals surface area contributed by atoms with E-state index in [-0.39, 0.29) is 18.0 Å². The van der Waals surface area contributed by atoms with E-state index in [4.69, 9.17) is 21.2 Å². The molecule has 4 fully saturated rings. The first kappa shape index (κ1) is 29.0. The van der Waals surface area contributed by atoms with E-state index in [1.54, 1.807) is 7.11 Å². The molecule has 11 nitrogen and oxygen atoms in total. The van der Waals surface area contributed by atoms with Crippen LogP contribution in [0.1, 0.15) is 73.3 Å². The zero-order chi connectivity index (χ0) is 32.0. The van der Waals surface area contributed by atoms with Crippen LogP contribution >= 0.6 is 0 Å². The summed E-state index contributed by atoms with van der Waals surface area (Å²) < 4.78 is 12.4. The number of carbonyl (C=O) groups excluding carboxylic acids is 1. The van der Waals surface area contributed by atoms with Gasteiger partial charge in [-0.25, -0.2) is 9.67 Å². The highest BCUT2D eigenvalue weighted by Crippen LogP contribution is 2.41. The van der Waals surface area contributed by atoms with Crippen molar-refractivity contribution < 1.29 is 9.53 Å². The van der Waals surface area contributed by atoms with Crippen molar-refractivity contribution in [1.29, 1.82) is 0 Å². The fourth-order valence-corrected chi connectivity index (χ4v) is 8.69. The van der Waals surface area contributed by atoms with Crippen LogP contribution in [0.2, 0.25) is 0 Å². The molecule has 1 aliphatic heterocycles. The lowest BCUT2D eigenvalue weighted by molar-refractivity contribution is 0.0700. The number of para-hydroxylation sites is 1. The molecule has 2 bridgehead atoms. The minimum atomic E-state index is 0.0100. The molecule has 1 saturated heterocycles. The van der Waals surface area contributed by atoms with Crippen molar-refractivity contribution >= 4 is 27.8 Å². The SMILES string of the molecule is COc1cc(C(=O)N2C[C@H]3CC[C@@H]2[C@@H]3N)cc2nc(-c3cc4cccc(-n5cc(C6CCC(N)CC6)nn5)c4n3CC3CC3)n(C)c12. The number of hydrogen-bond donors (Lipinski definition) is 2. The van der Waals surface area contributed by atoms with Gasteiger partial charge in [0.2, 0.25) is 0 Å². The average molecular weight is 634 g/mol. The van der Waals surface area contributed by atoms with Gasteiger partial charge in [0.15, 0.2) is 5.82 Å². The Morgan fingerprint density at radius 2 is 1.83 bits per heavy atom. The number of fused-ring (bicyclic) bond motifs is 4. The number of piperidine rings is 1. The second kappa shape index (κ2) is 10.9. The second-order valence-corrected chi connectivity index (χ2v) is 14.5. The Balaban J connectivity index is 1.14. The first-order valence-electron chi connectivity index (χ1n) is 17.3. The van der Waals surface area contributed by atoms with E-state index in [1.165, 1.54) is 12.8 Å². The van der Waals surface area contributed by atoms with Gasteiger partial charge >= 0.3 is 0 Å². The summed E-state index contributed by atoms with van der Waals surface area (Å²) in [6.45, 7) is 1.63. The van der Waals surface area contributed by atoms with Crippen molar-refractivity contribution in [3.8, 4) is 23.0 Å². The Kier molecular flexibility index (Phi) is 6.73. The fraction of sp³-hybridized carbons (Fsp3) is 0.500. The third kappa shape index (κ3) is 4.69. The van der Waals surface area contributed by atoms with Crippen molar-refractivity contribution in [2.24, 2.45) is 30.4 Å². The van der Waals surface area contributed by atoms with Crippen LogP contribution in [0.5, 0.6) is 5.75 Å². The van der Waals surface area contributed by atoms with E-state index in [1.807, 2.05) is 28.8 Å². The molecule has 0 radical (unpaired) electrons. The van der Waals surface area contributed by atoms with Gasteiger partial charge in [-0.3, -0.25) is 4.79 Å². The van der Waals surface area contributed by atoms with Crippen LogP contribution in [0.3, 0.4) is 0 Å². The van der Waals surface area contributed by atoms with Crippen LogP contribution in [0, 0.1) is 11.8 Å². The Morgan fingerprint density at radius 1 is 1.00 bits per heavy atom. The molecule has 47 heavy (non-hydrogen) atoms. The number of carbonyl (C=O) groups is 1. The Labute approximate surface area is 273 Å². The number of aromatic nitrogens is 6. The maximum atomic E-state index is 13.8. The molecule has 244 valence electrons. The molecule has 3 aromatic heterocycles. The Hall–Kier alpha value is -4.22. The number of ether oxygens (including phenoxy) is 1. The van der Waals surface area contributed by atoms with E-state index in [0.717, 1.165) is 96.5 Å². The summed E-state index contributed by atoms with van der Waals surface area (Å²) in [5.74, 6) is 2.92. The quantitative estimate of drug-likeness (QED) is 0.264. The van der Waals surface area contributed by atoms with E-state index < -0.39 is 0 Å². The van der Waals surface area contributed by atoms with Crippen molar-refractivity contribution in [3.05, 3.63) is 53.9 Å². The fourth-order valence-electron chi connectivity index (χ4n) is 8.69. The Bertz CT molecular complexity index is 2010. The predicted molar refractivity (Wildman–Crippen MR) is 181 cm³/mol. The van der Waals surface area contributed by atoms with Gasteiger partial charge in [0.25, 0.3) is 5.91 Å². The van der Waals surface area contributed by atoms with Gasteiger partial charge in [0.05, 0.1) is 41.4 Å². The number of likely N-dealkylation sites (tertiary alicyclic amines) is 1. The van der Waals surface area contributed by atoms with Crippen LogP contribution in [0.15, 0.2) is 42.6 Å². The summed E-state index contributed by atoms with van der Waals surface area (Å²) in [5, 5.41) is 10.4. The molecule has 9 rings (SSSR count). The number of methoxy groups -OCH3 is 1. The number of imidazole rings is 1. The molecule has 3 aliphatic carbocycles. The summed E-state index contributed by atoms with van der Waals surface area (Å²) in [6, 6.07) is 12.9. The van der Waals surface area contributed by atoms with Crippen LogP contribution in [-0.4, -0.2) is 71.7 Å². The molecular weight excluding hydrogens is 590 g/mol. The molecule has 0 unspecified atom stereocenters. The number of benzene rings is 2. The van der Waals surface area contributed by atoms with Crippen LogP contribution in [0.4, 0.5) is 0 Å². The highest BCUT2D eigenvalue weighted by molar-refractivity contribution is 6.01. The number of aryl methyl sites for hydroxylation is 1. The smallest absolute Gasteiger partial charge is 0.254 e. The predicted octanol–water partition coefficient (Wildman–Crippen LogP) is 4.74. The summed E-state index contributed by atoms with van der Waals surface area (Å²) >= 11 is 0. The van der Waals surface area contributed by atoms with Crippen molar-refractivity contribution in [3.63, 3.8) is 0 Å². The van der Waals surface area contributed by atoms with E-state index in [0.29, 0.717) is 35.1 Å². The number of rotatable bonds is 7. The first-order valence-corrected chi connectivity index (χ1v) is 17.3. The van der Waals surface area contributed by atoms with Crippen LogP contribution in [0.25, 0.3) is 39.1 Å². The van der Waals surface area contributed by atoms with Gasteiger partial charge in [-0.2, -0.15) is 0 Å². The zero-order valence-electron chi connectivity index (χ0n) is 27.2. The van der Waals surface area contributed by atoms with Gasteiger partial charge in [-0.05, 0) is 87.5 Å². The maximum absolute atomic E-state index is 13.8. The first-order chi connectivity index (χ1) is 22.9. The normalized spacial score (nSPS) is 25.8. The molecule has 2 aromatic carbocycles. The summed E-state index contributed by atoms with van der Waals surface area (Å²) in [7, 11) is 3.70. The topological polar surface area (TPSA) is 135 Å². The number of nitrogens with two attached hydrogens (primary N) is 2. The highest BCUT2D eigenvalue weighted by Gasteiger charge is 2.47. The standard InChI is InChI=1S/C36H43N9O2/c1-42-34-26(14-24(16-31(34)47-2)36(46)44-18-23-10-13-28(44)32(23)38)39-35(42)30-15-22-4-3-5-29(33(22)43(30)17-20-6-7-20)45-19-27(40-41-45)21-8-11-25(37)12-9-21/h3-5,14-16,19-21,23,25,28,32H,6-13,17-18,37-38H2,1-2H3/t21?,23-,25?,28-,32-/m1/s1. The summed E-state index contributed by atoms with van der Waals surface area (Å²) in [5.41, 5.74) is 19.1. The van der Waals surface area contributed by atoms with E-state index in [2.05, 4.69) is 49.9 Å². The van der Waals surface area contributed by atoms with Gasteiger partial charge in [0.1, 0.15) is 11.3 Å². The second-order valence-electron chi connectivity index (χ2n) is 14.5. The van der Waals surface area contributed by atoms with Gasteiger partial charge in [-0.1, -0.05) is 17.3 Å². The molecule has 0 spiro atoms. The number of nitrogens with zero attached hydrogens (tertiary/aromatic N) is 7. The Morgan fingerprint density at radius 3 is 2.55 bits per heavy atom. The highest BCUT2D eigenvalue weighted by atomic mass is 16.5. The van der Waals surface area contributed by atoms with Crippen molar-refractivity contribution in [2.75, 3.05) is 13.7 Å². The minimum Gasteiger partial charge on any atom is -0.494 e. The molecule has 11 heteroatoms. The third-order valence-corrected chi connectivity index (χ3v) is 11.5. The average Bonchev–Trinajstić information content (AvgIpc) is 3.40. The van der Waals surface area contributed by atoms with E-state index >= 15 is 0 Å². The zero-order valence-corrected chi connectivity index (χ0v) is 27.2. The molecule has 3 atom stereocenters. The lowest BCUT2D eigenvalue weighted by Gasteiger charge is -2.27. The number of amides is 1. The number of hydrogen-bond acceptors (Lipinski definition) is 7. The van der Waals surface area contributed by atoms with Crippen molar-refractivity contribution in [1.82, 2.24) is 34.0 Å². The van der Waals surface area contributed by atoms with Gasteiger partial charge in [-0.15, -0.1) is 5.10 Å². The minimum absolute atomic E-state index is 0.0100. The largest absolute Gasteiger partial charge is 0.494 e. The van der Waals surface area contributed by atoms with Gasteiger partial charge in [0, 0.05) is 55.1 Å². The molecular formula is C36H43N9O2. The van der Waals surface area contributed by atoms with Crippen LogP contribution < -0.4 is 16.2 Å². The lowest BCUT2D eigenvalue weighted by Crippen LogP contribution is -2.41. The molecule has 4 aliphatic rings. The summed E-state index contributed by atoms with van der Waals surface area (Å²) in [4.78, 5) is 21.0. The van der Waals surface area contributed by atoms with E-state index in [9.17, 15) is 4.79 Å². The molecule has 4 heterocycles. The molecule has 1 amide bonds. The van der Waals surface area contributed by atoms with Crippen LogP contribution in [-0.2, 0) is 13.6 Å². The lowest BCUT2D eigenvalue weighted by atomic mass is 9.85. The monoisotopic (exact) mass is 633 g/mol. The molecule has 5 aromatic rings. The third-order valence-electron chi connectivity index (χ3n) is 11.5. The molecule has 4 N–H and O–H groups in total. The molecule has 3 saturated carbocycles. The summed E-state index contributed by atoms with van der Waals surface area (Å²) in [6.07, 6.45) is 10.8. The van der Waals surface area contributed by atoms with Crippen molar-refractivity contribution in [2.45, 2.75) is 82.0 Å². The maximum Gasteiger partial charge on any atom is 0.254 e.